The number of nitrogens with zero attached hydrogens (tertiary/aromatic N) is 4. The SMILES string of the molecule is [C-]#[N+]c1ccc(N2CC(C)c3onc(C)c3-c3ccc(-c4ccc(=O)n(C)c4)cc32)cc1. The first kappa shape index (κ1) is 19.8. The minimum atomic E-state index is -0.0383. The molecule has 0 saturated carbocycles. The summed E-state index contributed by atoms with van der Waals surface area (Å²) >= 11 is 0. The summed E-state index contributed by atoms with van der Waals surface area (Å²) in [6.07, 6.45) is 1.86. The van der Waals surface area contributed by atoms with E-state index >= 15 is 0 Å². The highest BCUT2D eigenvalue weighted by molar-refractivity contribution is 5.89. The minimum Gasteiger partial charge on any atom is -0.360 e. The van der Waals surface area contributed by atoms with Crippen LogP contribution in [0.15, 0.2) is 70.1 Å². The predicted molar refractivity (Wildman–Crippen MR) is 125 cm³/mol. The van der Waals surface area contributed by atoms with Crippen molar-refractivity contribution in [2.45, 2.75) is 19.8 Å². The van der Waals surface area contributed by atoms with Gasteiger partial charge in [0, 0.05) is 54.3 Å². The molecule has 0 bridgehead atoms. The summed E-state index contributed by atoms with van der Waals surface area (Å²) in [6.45, 7) is 12.1. The molecule has 6 nitrogen and oxygen atoms in total. The Morgan fingerprint density at radius 1 is 1.09 bits per heavy atom. The minimum absolute atomic E-state index is 0.0383. The molecule has 1 unspecified atom stereocenters. The van der Waals surface area contributed by atoms with Crippen LogP contribution in [0.3, 0.4) is 0 Å². The molecule has 6 heteroatoms. The molecule has 2 aromatic carbocycles. The maximum absolute atomic E-state index is 11.9. The monoisotopic (exact) mass is 422 g/mol. The number of fused-ring (bicyclic) bond motifs is 3. The Balaban J connectivity index is 1.73. The quantitative estimate of drug-likeness (QED) is 0.382. The van der Waals surface area contributed by atoms with Crippen LogP contribution in [0.2, 0.25) is 0 Å². The van der Waals surface area contributed by atoms with E-state index in [0.717, 1.165) is 45.1 Å². The molecular weight excluding hydrogens is 400 g/mol. The molecule has 0 N–H and O–H groups in total. The van der Waals surface area contributed by atoms with Crippen molar-refractivity contribution in [2.24, 2.45) is 7.05 Å². The Morgan fingerprint density at radius 3 is 2.56 bits per heavy atom. The maximum atomic E-state index is 11.9. The average molecular weight is 422 g/mol. The maximum Gasteiger partial charge on any atom is 0.250 e. The molecule has 0 saturated heterocycles. The molecule has 0 radical (unpaired) electrons. The number of benzene rings is 2. The fourth-order valence-corrected chi connectivity index (χ4v) is 4.37. The lowest BCUT2D eigenvalue weighted by Crippen LogP contribution is -2.21. The molecule has 0 amide bonds. The highest BCUT2D eigenvalue weighted by Crippen LogP contribution is 2.46. The van der Waals surface area contributed by atoms with Gasteiger partial charge in [-0.15, -0.1) is 0 Å². The third-order valence-corrected chi connectivity index (χ3v) is 6.06. The second-order valence-electron chi connectivity index (χ2n) is 8.25. The highest BCUT2D eigenvalue weighted by Gasteiger charge is 2.30. The zero-order valence-electron chi connectivity index (χ0n) is 18.2. The predicted octanol–water partition coefficient (Wildman–Crippen LogP) is 5.82. The van der Waals surface area contributed by atoms with Crippen LogP contribution in [0.1, 0.15) is 24.3 Å². The van der Waals surface area contributed by atoms with Crippen molar-refractivity contribution in [3.63, 3.8) is 0 Å². The Kier molecular flexibility index (Phi) is 4.67. The van der Waals surface area contributed by atoms with Crippen molar-refractivity contribution in [3.8, 4) is 22.3 Å². The third-order valence-electron chi connectivity index (χ3n) is 6.06. The van der Waals surface area contributed by atoms with E-state index in [4.69, 9.17) is 11.1 Å². The Bertz CT molecular complexity index is 1420. The zero-order valence-corrected chi connectivity index (χ0v) is 18.2. The Morgan fingerprint density at radius 2 is 1.84 bits per heavy atom. The van der Waals surface area contributed by atoms with Gasteiger partial charge in [-0.1, -0.05) is 36.3 Å². The first-order valence-electron chi connectivity index (χ1n) is 10.5. The molecule has 3 heterocycles. The number of anilines is 2. The molecule has 158 valence electrons. The normalized spacial score (nSPS) is 14.9. The molecule has 0 fully saturated rings. The van der Waals surface area contributed by atoms with Gasteiger partial charge in [-0.25, -0.2) is 4.85 Å². The summed E-state index contributed by atoms with van der Waals surface area (Å²) in [4.78, 5) is 17.7. The lowest BCUT2D eigenvalue weighted by atomic mass is 9.96. The van der Waals surface area contributed by atoms with Gasteiger partial charge >= 0.3 is 0 Å². The second kappa shape index (κ2) is 7.54. The van der Waals surface area contributed by atoms with Crippen LogP contribution in [-0.2, 0) is 7.05 Å². The first-order valence-corrected chi connectivity index (χ1v) is 10.5. The van der Waals surface area contributed by atoms with Crippen molar-refractivity contribution in [1.82, 2.24) is 9.72 Å². The molecule has 5 rings (SSSR count). The van der Waals surface area contributed by atoms with E-state index in [1.807, 2.05) is 43.5 Å². The Hall–Kier alpha value is -4.11. The van der Waals surface area contributed by atoms with E-state index in [1.165, 1.54) is 0 Å². The van der Waals surface area contributed by atoms with E-state index < -0.39 is 0 Å². The van der Waals surface area contributed by atoms with Crippen LogP contribution >= 0.6 is 0 Å². The number of aryl methyl sites for hydroxylation is 2. The number of hydrogen-bond donors (Lipinski definition) is 0. The lowest BCUT2D eigenvalue weighted by Gasteiger charge is -2.27. The van der Waals surface area contributed by atoms with Gasteiger partial charge in [0.1, 0.15) is 5.76 Å². The average Bonchev–Trinajstić information content (AvgIpc) is 3.14. The zero-order chi connectivity index (χ0) is 22.4. The van der Waals surface area contributed by atoms with Crippen molar-refractivity contribution in [2.75, 3.05) is 11.4 Å². The second-order valence-corrected chi connectivity index (χ2v) is 8.25. The number of rotatable bonds is 2. The van der Waals surface area contributed by atoms with Crippen LogP contribution in [0, 0.1) is 13.5 Å². The summed E-state index contributed by atoms with van der Waals surface area (Å²) in [5, 5.41) is 4.25. The topological polar surface area (TPSA) is 55.6 Å². The summed E-state index contributed by atoms with van der Waals surface area (Å²) in [6, 6.07) is 17.5. The fourth-order valence-electron chi connectivity index (χ4n) is 4.37. The highest BCUT2D eigenvalue weighted by atomic mass is 16.5. The molecule has 2 aromatic heterocycles. The van der Waals surface area contributed by atoms with Gasteiger partial charge in [-0.3, -0.25) is 4.79 Å². The lowest BCUT2D eigenvalue weighted by molar-refractivity contribution is 0.364. The van der Waals surface area contributed by atoms with Crippen molar-refractivity contribution < 1.29 is 4.52 Å². The molecule has 1 aliphatic rings. The fraction of sp³-hybridized carbons (Fsp3) is 0.192. The number of pyridine rings is 1. The van der Waals surface area contributed by atoms with E-state index in [2.05, 4.69) is 40.0 Å². The van der Waals surface area contributed by atoms with Gasteiger partial charge in [0.25, 0.3) is 0 Å². The van der Waals surface area contributed by atoms with E-state index in [-0.39, 0.29) is 11.5 Å². The summed E-state index contributed by atoms with van der Waals surface area (Å²) in [5.41, 5.74) is 7.60. The van der Waals surface area contributed by atoms with E-state index in [0.29, 0.717) is 12.2 Å². The van der Waals surface area contributed by atoms with Gasteiger partial charge in [0.2, 0.25) is 5.56 Å². The smallest absolute Gasteiger partial charge is 0.250 e. The standard InChI is InChI=1S/C26H22N4O2/c1-16-14-30(21-9-7-20(27-3)8-10-21)23-13-18(19-6-12-24(31)29(4)15-19)5-11-22(23)25-17(2)28-32-26(16)25/h5-13,15-16H,14H2,1-2,4H3. The first-order chi connectivity index (χ1) is 15.5. The summed E-state index contributed by atoms with van der Waals surface area (Å²) < 4.78 is 7.34. The van der Waals surface area contributed by atoms with Crippen LogP contribution in [0.5, 0.6) is 0 Å². The largest absolute Gasteiger partial charge is 0.360 e. The van der Waals surface area contributed by atoms with Crippen LogP contribution in [0.25, 0.3) is 27.1 Å². The van der Waals surface area contributed by atoms with Crippen molar-refractivity contribution in [3.05, 3.63) is 94.0 Å². The molecule has 32 heavy (non-hydrogen) atoms. The third kappa shape index (κ3) is 3.19. The molecule has 0 aliphatic carbocycles. The molecule has 4 aromatic rings. The number of aromatic nitrogens is 2. The van der Waals surface area contributed by atoms with Gasteiger partial charge in [-0.2, -0.15) is 0 Å². The van der Waals surface area contributed by atoms with Crippen LogP contribution < -0.4 is 10.5 Å². The van der Waals surface area contributed by atoms with Crippen LogP contribution in [-0.4, -0.2) is 16.3 Å². The van der Waals surface area contributed by atoms with Crippen molar-refractivity contribution >= 4 is 17.1 Å². The van der Waals surface area contributed by atoms with Gasteiger partial charge in [0.15, 0.2) is 5.69 Å². The van der Waals surface area contributed by atoms with Crippen LogP contribution in [0.4, 0.5) is 17.1 Å². The summed E-state index contributed by atoms with van der Waals surface area (Å²) in [5.74, 6) is 1.01. The van der Waals surface area contributed by atoms with Gasteiger partial charge < -0.3 is 14.0 Å². The van der Waals surface area contributed by atoms with E-state index in [9.17, 15) is 4.79 Å². The van der Waals surface area contributed by atoms with Gasteiger partial charge in [0.05, 0.1) is 12.3 Å². The molecule has 1 aliphatic heterocycles. The van der Waals surface area contributed by atoms with Gasteiger partial charge in [-0.05, 0) is 42.3 Å². The van der Waals surface area contributed by atoms with Crippen molar-refractivity contribution in [1.29, 1.82) is 0 Å². The Labute approximate surface area is 186 Å². The molecular formula is C26H22N4O2. The summed E-state index contributed by atoms with van der Waals surface area (Å²) in [7, 11) is 1.76. The molecule has 1 atom stereocenters. The molecule has 0 spiro atoms. The van der Waals surface area contributed by atoms with E-state index in [1.54, 1.807) is 17.7 Å². The number of hydrogen-bond acceptors (Lipinski definition) is 4.